The molecule has 26 heavy (non-hydrogen) atoms. The quantitative estimate of drug-likeness (QED) is 0.535. The number of rotatable bonds is 7. The molecule has 1 atom stereocenters. The van der Waals surface area contributed by atoms with Crippen LogP contribution in [0.4, 0.5) is 0 Å². The third kappa shape index (κ3) is 4.84. The largest absolute Gasteiger partial charge is 0.356 e. The van der Waals surface area contributed by atoms with Crippen molar-refractivity contribution in [3.8, 4) is 0 Å². The molecule has 7 heteroatoms. The van der Waals surface area contributed by atoms with E-state index in [4.69, 9.17) is 0 Å². The van der Waals surface area contributed by atoms with E-state index < -0.39 is 0 Å². The van der Waals surface area contributed by atoms with Crippen LogP contribution >= 0.6 is 15.9 Å². The van der Waals surface area contributed by atoms with Crippen molar-refractivity contribution in [2.75, 3.05) is 13.6 Å². The van der Waals surface area contributed by atoms with E-state index in [1.54, 1.807) is 7.05 Å². The molecular formula is C19H27BrN6. The summed E-state index contributed by atoms with van der Waals surface area (Å²) < 4.78 is 3.35. The highest BCUT2D eigenvalue weighted by molar-refractivity contribution is 9.10. The minimum absolute atomic E-state index is 0.556. The summed E-state index contributed by atoms with van der Waals surface area (Å²) in [6.07, 6.45) is 4.37. The van der Waals surface area contributed by atoms with E-state index in [0.29, 0.717) is 12.5 Å². The molecule has 0 fully saturated rings. The van der Waals surface area contributed by atoms with E-state index in [9.17, 15) is 0 Å². The summed E-state index contributed by atoms with van der Waals surface area (Å²) in [7, 11) is 1.80. The van der Waals surface area contributed by atoms with Crippen molar-refractivity contribution in [1.29, 1.82) is 0 Å². The second-order valence-electron chi connectivity index (χ2n) is 6.70. The van der Waals surface area contributed by atoms with E-state index in [2.05, 4.69) is 77.5 Å². The first-order valence-electron chi connectivity index (χ1n) is 9.29. The first kappa shape index (κ1) is 18.9. The molecule has 2 N–H and O–H groups in total. The number of aliphatic imine (C=N–C) groups is 1. The molecule has 0 amide bonds. The lowest BCUT2D eigenvalue weighted by Gasteiger charge is -2.18. The van der Waals surface area contributed by atoms with Gasteiger partial charge in [0.05, 0.1) is 6.54 Å². The Hall–Kier alpha value is -1.89. The number of benzene rings is 1. The van der Waals surface area contributed by atoms with Crippen LogP contribution in [0.3, 0.4) is 0 Å². The Morgan fingerprint density at radius 2 is 2.23 bits per heavy atom. The number of guanidine groups is 1. The van der Waals surface area contributed by atoms with Crippen LogP contribution in [0.2, 0.25) is 0 Å². The van der Waals surface area contributed by atoms with Crippen LogP contribution in [0.1, 0.15) is 37.0 Å². The molecule has 1 aromatic carbocycles. The number of aromatic nitrogens is 3. The van der Waals surface area contributed by atoms with Crippen LogP contribution in [-0.2, 0) is 25.9 Å². The molecule has 2 heterocycles. The lowest BCUT2D eigenvalue weighted by atomic mass is 9.97. The predicted octanol–water partition coefficient (Wildman–Crippen LogP) is 2.92. The van der Waals surface area contributed by atoms with Crippen molar-refractivity contribution in [3.05, 3.63) is 46.0 Å². The van der Waals surface area contributed by atoms with Gasteiger partial charge in [-0.3, -0.25) is 4.99 Å². The van der Waals surface area contributed by atoms with Gasteiger partial charge in [0.1, 0.15) is 5.82 Å². The Morgan fingerprint density at radius 1 is 1.35 bits per heavy atom. The van der Waals surface area contributed by atoms with E-state index in [0.717, 1.165) is 54.4 Å². The molecule has 6 nitrogen and oxygen atoms in total. The number of hydrogen-bond acceptors (Lipinski definition) is 3. The van der Waals surface area contributed by atoms with E-state index in [1.165, 1.54) is 12.0 Å². The zero-order valence-corrected chi connectivity index (χ0v) is 17.1. The molecule has 140 valence electrons. The summed E-state index contributed by atoms with van der Waals surface area (Å²) in [4.78, 5) is 4.34. The van der Waals surface area contributed by atoms with Crippen molar-refractivity contribution in [3.63, 3.8) is 0 Å². The van der Waals surface area contributed by atoms with Crippen molar-refractivity contribution >= 4 is 21.9 Å². The maximum atomic E-state index is 4.34. The summed E-state index contributed by atoms with van der Waals surface area (Å²) in [6, 6.07) is 8.54. The third-order valence-electron chi connectivity index (χ3n) is 4.87. The zero-order chi connectivity index (χ0) is 18.4. The SMILES string of the molecule is CCC(CNC(=NC)NCc1nnc2n1CCC2)Cc1cccc(Br)c1. The number of fused-ring (bicyclic) bond motifs is 1. The highest BCUT2D eigenvalue weighted by Gasteiger charge is 2.17. The Kier molecular flexibility index (Phi) is 6.66. The number of halogens is 1. The first-order valence-corrected chi connectivity index (χ1v) is 10.1. The van der Waals surface area contributed by atoms with E-state index >= 15 is 0 Å². The number of nitrogens with one attached hydrogen (secondary N) is 2. The van der Waals surface area contributed by atoms with Gasteiger partial charge in [0.15, 0.2) is 11.8 Å². The standard InChI is InChI=1S/C19H27BrN6/c1-3-14(10-15-6-4-7-16(20)11-15)12-22-19(21-2)23-13-18-25-24-17-8-5-9-26(17)18/h4,6-7,11,14H,3,5,8-10,12-13H2,1-2H3,(H2,21,22,23). The monoisotopic (exact) mass is 418 g/mol. The van der Waals surface area contributed by atoms with Crippen LogP contribution in [-0.4, -0.2) is 34.3 Å². The average molecular weight is 419 g/mol. The van der Waals surface area contributed by atoms with Gasteiger partial charge in [0, 0.05) is 31.0 Å². The molecule has 0 spiro atoms. The van der Waals surface area contributed by atoms with Gasteiger partial charge in [-0.05, 0) is 36.5 Å². The molecule has 0 bridgehead atoms. The Labute approximate surface area is 163 Å². The summed E-state index contributed by atoms with van der Waals surface area (Å²) in [5.41, 5.74) is 1.36. The van der Waals surface area contributed by atoms with Gasteiger partial charge in [0.2, 0.25) is 0 Å². The maximum absolute atomic E-state index is 4.34. The number of aryl methyl sites for hydroxylation is 1. The fourth-order valence-electron chi connectivity index (χ4n) is 3.32. The second kappa shape index (κ2) is 9.16. The van der Waals surface area contributed by atoms with Crippen LogP contribution in [0.25, 0.3) is 0 Å². The topological polar surface area (TPSA) is 67.1 Å². The van der Waals surface area contributed by atoms with Gasteiger partial charge >= 0.3 is 0 Å². The van der Waals surface area contributed by atoms with Crippen LogP contribution in [0, 0.1) is 5.92 Å². The highest BCUT2D eigenvalue weighted by atomic mass is 79.9. The molecule has 0 radical (unpaired) electrons. The van der Waals surface area contributed by atoms with Crippen molar-refractivity contribution in [2.45, 2.75) is 45.7 Å². The molecule has 1 unspecified atom stereocenters. The fourth-order valence-corrected chi connectivity index (χ4v) is 3.77. The first-order chi connectivity index (χ1) is 12.7. The Balaban J connectivity index is 1.49. The molecule has 3 rings (SSSR count). The summed E-state index contributed by atoms with van der Waals surface area (Å²) >= 11 is 3.55. The van der Waals surface area contributed by atoms with Gasteiger partial charge in [-0.25, -0.2) is 0 Å². The van der Waals surface area contributed by atoms with Gasteiger partial charge in [0.25, 0.3) is 0 Å². The third-order valence-corrected chi connectivity index (χ3v) is 5.37. The minimum Gasteiger partial charge on any atom is -0.356 e. The highest BCUT2D eigenvalue weighted by Crippen LogP contribution is 2.17. The predicted molar refractivity (Wildman–Crippen MR) is 108 cm³/mol. The number of hydrogen-bond donors (Lipinski definition) is 2. The molecule has 1 aliphatic heterocycles. The molecule has 0 saturated heterocycles. The van der Waals surface area contributed by atoms with Gasteiger partial charge in [-0.1, -0.05) is 41.4 Å². The van der Waals surface area contributed by atoms with Crippen molar-refractivity contribution in [2.24, 2.45) is 10.9 Å². The van der Waals surface area contributed by atoms with E-state index in [1.807, 2.05) is 0 Å². The Morgan fingerprint density at radius 3 is 3.00 bits per heavy atom. The molecule has 2 aromatic rings. The van der Waals surface area contributed by atoms with Crippen LogP contribution in [0.5, 0.6) is 0 Å². The zero-order valence-electron chi connectivity index (χ0n) is 15.5. The van der Waals surface area contributed by atoms with Crippen molar-refractivity contribution in [1.82, 2.24) is 25.4 Å². The van der Waals surface area contributed by atoms with Crippen LogP contribution in [0.15, 0.2) is 33.7 Å². The molecular weight excluding hydrogens is 392 g/mol. The smallest absolute Gasteiger partial charge is 0.191 e. The van der Waals surface area contributed by atoms with Gasteiger partial charge < -0.3 is 15.2 Å². The number of nitrogens with zero attached hydrogens (tertiary/aromatic N) is 4. The second-order valence-corrected chi connectivity index (χ2v) is 7.62. The fraction of sp³-hybridized carbons (Fsp3) is 0.526. The van der Waals surface area contributed by atoms with E-state index in [-0.39, 0.29) is 0 Å². The molecule has 1 aromatic heterocycles. The van der Waals surface area contributed by atoms with Gasteiger partial charge in [-0.2, -0.15) is 0 Å². The molecule has 1 aliphatic rings. The van der Waals surface area contributed by atoms with Crippen LogP contribution < -0.4 is 10.6 Å². The average Bonchev–Trinajstić information content (AvgIpc) is 3.25. The minimum atomic E-state index is 0.556. The lowest BCUT2D eigenvalue weighted by molar-refractivity contribution is 0.493. The Bertz CT molecular complexity index is 754. The maximum Gasteiger partial charge on any atom is 0.191 e. The summed E-state index contributed by atoms with van der Waals surface area (Å²) in [5, 5.41) is 15.4. The lowest BCUT2D eigenvalue weighted by Crippen LogP contribution is -2.40. The van der Waals surface area contributed by atoms with Crippen molar-refractivity contribution < 1.29 is 0 Å². The van der Waals surface area contributed by atoms with Gasteiger partial charge in [-0.15, -0.1) is 10.2 Å². The summed E-state index contributed by atoms with van der Waals surface area (Å²) in [5.74, 6) is 3.46. The summed E-state index contributed by atoms with van der Waals surface area (Å²) in [6.45, 7) is 4.80. The molecule has 0 saturated carbocycles. The molecule has 0 aliphatic carbocycles. The normalized spacial score (nSPS) is 15.0.